The highest BCUT2D eigenvalue weighted by atomic mass is 35.5. The number of halogens is 4. The molecule has 3 fully saturated rings. The van der Waals surface area contributed by atoms with Crippen LogP contribution in [0, 0.1) is 34.5 Å². The molecule has 9 atom stereocenters. The minimum atomic E-state index is -2.21. The average molecular weight is 568 g/mol. The van der Waals surface area contributed by atoms with Crippen molar-refractivity contribution >= 4 is 34.8 Å². The number of nitrogens with zero attached hydrogens (tertiary/aromatic N) is 1. The fourth-order valence-corrected chi connectivity index (χ4v) is 8.71. The number of benzene rings is 1. The molecule has 206 valence electrons. The van der Waals surface area contributed by atoms with E-state index in [9.17, 15) is 19.9 Å². The maximum absolute atomic E-state index is 17.4. The smallest absolute Gasteiger partial charge is 0.178 e. The standard InChI is InChI=1S/C29H33Cl2F2NO4/c1-27-12-25(37)29(33)21(11-23(32)22-10-19(35)7-8-28(22,29)2)20(27)9-17(26(27)24(36)13-30)15-34(38)14-16-3-5-18(31)6-4-16/h3-8,10,17,20-21,23,25-26,37-38H,9,11-15H2,1-2H3/t17-,20-,21-,23-,25-,26+,27-,28-,29-/m0/s1. The van der Waals surface area contributed by atoms with E-state index in [0.717, 1.165) is 10.6 Å². The first-order chi connectivity index (χ1) is 17.8. The Labute approximate surface area is 231 Å². The monoisotopic (exact) mass is 567 g/mol. The van der Waals surface area contributed by atoms with Crippen molar-refractivity contribution in [2.45, 2.75) is 57.6 Å². The van der Waals surface area contributed by atoms with Crippen LogP contribution in [-0.4, -0.2) is 57.3 Å². The summed E-state index contributed by atoms with van der Waals surface area (Å²) >= 11 is 12.0. The molecule has 0 aliphatic heterocycles. The zero-order valence-electron chi connectivity index (χ0n) is 21.4. The molecule has 0 radical (unpaired) electrons. The van der Waals surface area contributed by atoms with Crippen LogP contribution in [0.1, 0.15) is 38.7 Å². The van der Waals surface area contributed by atoms with Crippen molar-refractivity contribution in [1.29, 1.82) is 0 Å². The number of aliphatic hydroxyl groups is 1. The number of hydrogen-bond donors (Lipinski definition) is 2. The normalized spacial score (nSPS) is 41.9. The van der Waals surface area contributed by atoms with Crippen molar-refractivity contribution in [2.75, 3.05) is 12.4 Å². The van der Waals surface area contributed by atoms with Gasteiger partial charge in [0.2, 0.25) is 0 Å². The first kappa shape index (κ1) is 27.9. The van der Waals surface area contributed by atoms with Gasteiger partial charge in [-0.15, -0.1) is 11.6 Å². The van der Waals surface area contributed by atoms with E-state index < -0.39 is 52.3 Å². The summed E-state index contributed by atoms with van der Waals surface area (Å²) in [6.45, 7) is 3.77. The minimum Gasteiger partial charge on any atom is -0.390 e. The Morgan fingerprint density at radius 1 is 1.18 bits per heavy atom. The molecule has 0 heterocycles. The van der Waals surface area contributed by atoms with Crippen molar-refractivity contribution < 1.29 is 28.7 Å². The largest absolute Gasteiger partial charge is 0.390 e. The highest BCUT2D eigenvalue weighted by Crippen LogP contribution is 2.70. The molecule has 0 aromatic heterocycles. The molecular formula is C29H33Cl2F2NO4. The number of aliphatic hydroxyl groups excluding tert-OH is 1. The van der Waals surface area contributed by atoms with Crippen molar-refractivity contribution in [1.82, 2.24) is 5.06 Å². The highest BCUT2D eigenvalue weighted by molar-refractivity contribution is 6.30. The molecule has 0 bridgehead atoms. The summed E-state index contributed by atoms with van der Waals surface area (Å²) in [4.78, 5) is 25.3. The molecule has 0 saturated heterocycles. The summed E-state index contributed by atoms with van der Waals surface area (Å²) in [7, 11) is 0. The summed E-state index contributed by atoms with van der Waals surface area (Å²) in [6.07, 6.45) is 1.00. The van der Waals surface area contributed by atoms with Crippen LogP contribution in [0.25, 0.3) is 0 Å². The molecule has 5 rings (SSSR count). The molecule has 4 aliphatic carbocycles. The van der Waals surface area contributed by atoms with Crippen molar-refractivity contribution in [3.05, 3.63) is 58.7 Å². The van der Waals surface area contributed by atoms with E-state index in [1.54, 1.807) is 31.2 Å². The van der Waals surface area contributed by atoms with Crippen LogP contribution in [0.4, 0.5) is 8.78 Å². The number of ketones is 2. The molecule has 3 saturated carbocycles. The molecule has 1 aromatic rings. The molecule has 2 N–H and O–H groups in total. The molecular weight excluding hydrogens is 535 g/mol. The summed E-state index contributed by atoms with van der Waals surface area (Å²) in [6, 6.07) is 7.05. The Bertz CT molecular complexity index is 1190. The van der Waals surface area contributed by atoms with Gasteiger partial charge in [0.15, 0.2) is 17.2 Å². The van der Waals surface area contributed by atoms with Gasteiger partial charge in [-0.05, 0) is 78.9 Å². The van der Waals surface area contributed by atoms with Crippen LogP contribution in [0.3, 0.4) is 0 Å². The number of hydroxylamine groups is 2. The number of Topliss-reactive ketones (excluding diaryl/α,β-unsaturated/α-hetero) is 1. The number of alkyl halides is 3. The second kappa shape index (κ2) is 9.77. The van der Waals surface area contributed by atoms with Gasteiger partial charge in [-0.2, -0.15) is 5.06 Å². The summed E-state index contributed by atoms with van der Waals surface area (Å²) in [5, 5.41) is 24.0. The van der Waals surface area contributed by atoms with E-state index in [4.69, 9.17) is 23.2 Å². The van der Waals surface area contributed by atoms with Crippen LogP contribution in [0.15, 0.2) is 48.1 Å². The molecule has 9 heteroatoms. The van der Waals surface area contributed by atoms with Gasteiger partial charge in [0, 0.05) is 35.4 Å². The van der Waals surface area contributed by atoms with Gasteiger partial charge in [0.05, 0.1) is 12.0 Å². The molecule has 0 amide bonds. The van der Waals surface area contributed by atoms with Crippen LogP contribution < -0.4 is 0 Å². The SMILES string of the molecule is C[C@]12C[C@H](O)[C@@]3(F)[C@@H](C[C@H](F)C4=CC(=O)C=C[C@@]43C)[C@@H]1C[C@@H](CN(O)Cc1ccc(Cl)cc1)[C@@H]2C(=O)CCl. The topological polar surface area (TPSA) is 77.8 Å². The third kappa shape index (κ3) is 4.12. The van der Waals surface area contributed by atoms with Gasteiger partial charge in [-0.25, -0.2) is 8.78 Å². The van der Waals surface area contributed by atoms with Crippen molar-refractivity contribution in [3.8, 4) is 0 Å². The summed E-state index contributed by atoms with van der Waals surface area (Å²) in [5.41, 5.74) is -3.63. The number of carbonyl (C=O) groups is 2. The van der Waals surface area contributed by atoms with Crippen LogP contribution >= 0.6 is 23.2 Å². The van der Waals surface area contributed by atoms with Gasteiger partial charge in [-0.3, -0.25) is 9.59 Å². The highest BCUT2D eigenvalue weighted by Gasteiger charge is 2.73. The lowest BCUT2D eigenvalue weighted by Crippen LogP contribution is -2.68. The fourth-order valence-electron chi connectivity index (χ4n) is 8.42. The zero-order chi connectivity index (χ0) is 27.6. The molecule has 0 spiro atoms. The number of carbonyl (C=O) groups excluding carboxylic acids is 2. The van der Waals surface area contributed by atoms with Gasteiger partial charge in [0.1, 0.15) is 6.17 Å². The lowest BCUT2D eigenvalue weighted by Gasteiger charge is -2.62. The van der Waals surface area contributed by atoms with Gasteiger partial charge >= 0.3 is 0 Å². The van der Waals surface area contributed by atoms with E-state index in [1.807, 2.05) is 6.92 Å². The van der Waals surface area contributed by atoms with Crippen LogP contribution in [0.5, 0.6) is 0 Å². The van der Waals surface area contributed by atoms with Crippen molar-refractivity contribution in [3.63, 3.8) is 0 Å². The minimum absolute atomic E-state index is 0.00131. The third-order valence-corrected chi connectivity index (χ3v) is 10.5. The molecule has 1 aromatic carbocycles. The third-order valence-electron chi connectivity index (χ3n) is 10.0. The predicted molar refractivity (Wildman–Crippen MR) is 140 cm³/mol. The molecule has 5 nitrogen and oxygen atoms in total. The molecule has 4 aliphatic rings. The van der Waals surface area contributed by atoms with E-state index in [0.29, 0.717) is 11.4 Å². The average Bonchev–Trinajstić information content (AvgIpc) is 3.14. The Morgan fingerprint density at radius 3 is 2.53 bits per heavy atom. The van der Waals surface area contributed by atoms with Crippen LogP contribution in [0.2, 0.25) is 5.02 Å². The quantitative estimate of drug-likeness (QED) is 0.350. The number of allylic oxidation sites excluding steroid dienone is 4. The van der Waals surface area contributed by atoms with E-state index in [-0.39, 0.29) is 49.1 Å². The first-order valence-electron chi connectivity index (χ1n) is 13.1. The lowest BCUT2D eigenvalue weighted by molar-refractivity contribution is -0.201. The van der Waals surface area contributed by atoms with Gasteiger partial charge in [0.25, 0.3) is 0 Å². The number of fused-ring (bicyclic) bond motifs is 5. The maximum atomic E-state index is 17.4. The molecule has 0 unspecified atom stereocenters. The van der Waals surface area contributed by atoms with Crippen LogP contribution in [-0.2, 0) is 16.1 Å². The van der Waals surface area contributed by atoms with Crippen molar-refractivity contribution in [2.24, 2.45) is 34.5 Å². The Hall–Kier alpha value is -1.64. The van der Waals surface area contributed by atoms with Gasteiger partial charge in [-0.1, -0.05) is 36.7 Å². The Kier molecular flexibility index (Phi) is 7.18. The van der Waals surface area contributed by atoms with E-state index >= 15 is 8.78 Å². The Morgan fingerprint density at radius 2 is 1.87 bits per heavy atom. The second-order valence-electron chi connectivity index (χ2n) is 12.0. The second-order valence-corrected chi connectivity index (χ2v) is 12.7. The Balaban J connectivity index is 1.49. The summed E-state index contributed by atoms with van der Waals surface area (Å²) < 4.78 is 33.0. The fraction of sp³-hybridized carbons (Fsp3) is 0.586. The van der Waals surface area contributed by atoms with Gasteiger partial charge < -0.3 is 10.3 Å². The van der Waals surface area contributed by atoms with E-state index in [1.165, 1.54) is 18.2 Å². The number of rotatable bonds is 6. The summed E-state index contributed by atoms with van der Waals surface area (Å²) in [5.74, 6) is -3.16. The lowest BCUT2D eigenvalue weighted by atomic mass is 9.45. The predicted octanol–water partition coefficient (Wildman–Crippen LogP) is 5.50. The number of hydrogen-bond acceptors (Lipinski definition) is 5. The zero-order valence-corrected chi connectivity index (χ0v) is 22.9. The first-order valence-corrected chi connectivity index (χ1v) is 14.0. The molecule has 38 heavy (non-hydrogen) atoms. The maximum Gasteiger partial charge on any atom is 0.178 e. The van der Waals surface area contributed by atoms with E-state index in [2.05, 4.69) is 0 Å².